The monoisotopic (exact) mass is 429 g/mol. The van der Waals surface area contributed by atoms with Crippen LogP contribution < -0.4 is 16.0 Å². The lowest BCUT2D eigenvalue weighted by Crippen LogP contribution is -2.52. The summed E-state index contributed by atoms with van der Waals surface area (Å²) in [4.78, 5) is 24.8. The first-order valence-corrected chi connectivity index (χ1v) is 9.90. The van der Waals surface area contributed by atoms with Crippen molar-refractivity contribution in [3.05, 3.63) is 70.2 Å². The lowest BCUT2D eigenvalue weighted by Gasteiger charge is -2.43. The molecule has 0 spiro atoms. The Morgan fingerprint density at radius 2 is 1.74 bits per heavy atom. The number of nitrogens with one attached hydrogen (secondary N) is 3. The summed E-state index contributed by atoms with van der Waals surface area (Å²) >= 11 is 3.46. The predicted molar refractivity (Wildman–Crippen MR) is 109 cm³/mol. The van der Waals surface area contributed by atoms with E-state index < -0.39 is 6.04 Å². The van der Waals surface area contributed by atoms with Gasteiger partial charge in [-0.2, -0.15) is 0 Å². The third-order valence-corrected chi connectivity index (χ3v) is 5.67. The summed E-state index contributed by atoms with van der Waals surface area (Å²) in [5.74, 6) is -0.434. The minimum Gasteiger partial charge on any atom is -0.357 e. The molecule has 1 aliphatic rings. The highest BCUT2D eigenvalue weighted by atomic mass is 79.9. The van der Waals surface area contributed by atoms with Crippen molar-refractivity contribution < 1.29 is 9.59 Å². The number of amides is 2. The molecule has 2 aromatic rings. The van der Waals surface area contributed by atoms with E-state index in [1.807, 2.05) is 42.5 Å². The summed E-state index contributed by atoms with van der Waals surface area (Å²) in [5.41, 5.74) is 1.79. The molecule has 2 amide bonds. The third kappa shape index (κ3) is 4.57. The molecule has 0 heterocycles. The average Bonchev–Trinajstić information content (AvgIpc) is 2.66. The first-order chi connectivity index (χ1) is 13.0. The first-order valence-electron chi connectivity index (χ1n) is 9.11. The topological polar surface area (TPSA) is 70.2 Å². The molecule has 0 aliphatic heterocycles. The van der Waals surface area contributed by atoms with Gasteiger partial charge in [-0.1, -0.05) is 58.4 Å². The van der Waals surface area contributed by atoms with E-state index in [-0.39, 0.29) is 23.9 Å². The van der Waals surface area contributed by atoms with Crippen LogP contribution in [0.15, 0.2) is 59.1 Å². The molecule has 0 saturated heterocycles. The molecule has 1 aliphatic carbocycles. The van der Waals surface area contributed by atoms with Gasteiger partial charge >= 0.3 is 0 Å². The molecular formula is C21H24BrN3O2. The molecule has 6 heteroatoms. The van der Waals surface area contributed by atoms with Crippen LogP contribution in [0.2, 0.25) is 0 Å². The van der Waals surface area contributed by atoms with Gasteiger partial charge in [0.1, 0.15) is 6.04 Å². The smallest absolute Gasteiger partial charge is 0.246 e. The molecule has 3 N–H and O–H groups in total. The second kappa shape index (κ2) is 8.67. The van der Waals surface area contributed by atoms with Gasteiger partial charge in [-0.25, -0.2) is 0 Å². The van der Waals surface area contributed by atoms with E-state index in [0.29, 0.717) is 0 Å². The van der Waals surface area contributed by atoms with Crippen LogP contribution in [0.1, 0.15) is 36.4 Å². The highest BCUT2D eigenvalue weighted by Gasteiger charge is 2.38. The van der Waals surface area contributed by atoms with E-state index in [0.717, 1.165) is 29.3 Å². The molecule has 1 fully saturated rings. The highest BCUT2D eigenvalue weighted by molar-refractivity contribution is 9.10. The van der Waals surface area contributed by atoms with Crippen molar-refractivity contribution >= 4 is 27.7 Å². The maximum Gasteiger partial charge on any atom is 0.246 e. The normalized spacial score (nSPS) is 16.1. The number of carbonyl (C=O) groups excluding carboxylic acids is 2. The van der Waals surface area contributed by atoms with Crippen LogP contribution in [0.3, 0.4) is 0 Å². The van der Waals surface area contributed by atoms with Gasteiger partial charge in [-0.3, -0.25) is 14.9 Å². The Morgan fingerprint density at radius 3 is 2.30 bits per heavy atom. The van der Waals surface area contributed by atoms with E-state index >= 15 is 0 Å². The Kier molecular flexibility index (Phi) is 6.29. The fraction of sp³-hybridized carbons (Fsp3) is 0.333. The molecule has 27 heavy (non-hydrogen) atoms. The van der Waals surface area contributed by atoms with Crippen LogP contribution in [0.5, 0.6) is 0 Å². The van der Waals surface area contributed by atoms with Gasteiger partial charge in [0.25, 0.3) is 0 Å². The summed E-state index contributed by atoms with van der Waals surface area (Å²) in [7, 11) is 1.57. The molecule has 0 radical (unpaired) electrons. The summed E-state index contributed by atoms with van der Waals surface area (Å²) in [6, 6.07) is 16.8. The second-order valence-electron chi connectivity index (χ2n) is 6.82. The maximum absolute atomic E-state index is 12.6. The number of halogens is 1. The zero-order valence-electron chi connectivity index (χ0n) is 15.3. The van der Waals surface area contributed by atoms with Crippen molar-refractivity contribution in [2.24, 2.45) is 0 Å². The quantitative estimate of drug-likeness (QED) is 0.633. The van der Waals surface area contributed by atoms with Gasteiger partial charge in [-0.15, -0.1) is 0 Å². The third-order valence-electron chi connectivity index (χ3n) is 5.14. The van der Waals surface area contributed by atoms with Gasteiger partial charge in [0.15, 0.2) is 0 Å². The maximum atomic E-state index is 12.6. The van der Waals surface area contributed by atoms with Crippen LogP contribution >= 0.6 is 15.9 Å². The molecule has 2 aromatic carbocycles. The minimum absolute atomic E-state index is 0.159. The van der Waals surface area contributed by atoms with Crippen molar-refractivity contribution in [3.63, 3.8) is 0 Å². The van der Waals surface area contributed by atoms with E-state index in [1.165, 1.54) is 5.56 Å². The van der Waals surface area contributed by atoms with Gasteiger partial charge in [0, 0.05) is 17.1 Å². The Labute approximate surface area is 168 Å². The SMILES string of the molecule is CNC(=O)C(NC(=O)CNC1(c2ccc(Br)cc2)CCC1)c1ccccc1. The molecule has 1 saturated carbocycles. The highest BCUT2D eigenvalue weighted by Crippen LogP contribution is 2.41. The number of hydrogen-bond acceptors (Lipinski definition) is 3. The van der Waals surface area contributed by atoms with Gasteiger partial charge in [-0.05, 0) is 42.5 Å². The van der Waals surface area contributed by atoms with E-state index in [4.69, 9.17) is 0 Å². The lowest BCUT2D eigenvalue weighted by atomic mass is 9.72. The van der Waals surface area contributed by atoms with Gasteiger partial charge in [0.2, 0.25) is 11.8 Å². The second-order valence-corrected chi connectivity index (χ2v) is 7.74. The van der Waals surface area contributed by atoms with Crippen molar-refractivity contribution in [1.82, 2.24) is 16.0 Å². The fourth-order valence-corrected chi connectivity index (χ4v) is 3.68. The zero-order valence-corrected chi connectivity index (χ0v) is 16.9. The van der Waals surface area contributed by atoms with Gasteiger partial charge < -0.3 is 10.6 Å². The van der Waals surface area contributed by atoms with E-state index in [9.17, 15) is 9.59 Å². The van der Waals surface area contributed by atoms with Gasteiger partial charge in [0.05, 0.1) is 6.54 Å². The number of benzene rings is 2. The Morgan fingerprint density at radius 1 is 1.07 bits per heavy atom. The average molecular weight is 430 g/mol. The predicted octanol–water partition coefficient (Wildman–Crippen LogP) is 3.02. The molecule has 0 aromatic heterocycles. The van der Waals surface area contributed by atoms with Crippen LogP contribution in [-0.4, -0.2) is 25.4 Å². The van der Waals surface area contributed by atoms with Crippen LogP contribution in [0.25, 0.3) is 0 Å². The molecule has 142 valence electrons. The molecule has 1 atom stereocenters. The first kappa shape index (κ1) is 19.6. The van der Waals surface area contributed by atoms with Crippen molar-refractivity contribution in [1.29, 1.82) is 0 Å². The summed E-state index contributed by atoms with van der Waals surface area (Å²) in [5, 5.41) is 8.88. The molecule has 1 unspecified atom stereocenters. The van der Waals surface area contributed by atoms with E-state index in [1.54, 1.807) is 7.05 Å². The number of likely N-dealkylation sites (N-methyl/N-ethyl adjacent to an activating group) is 1. The molecule has 5 nitrogen and oxygen atoms in total. The summed E-state index contributed by atoms with van der Waals surface area (Å²) in [6.45, 7) is 0.163. The largest absolute Gasteiger partial charge is 0.357 e. The van der Waals surface area contributed by atoms with Crippen molar-refractivity contribution in [2.75, 3.05) is 13.6 Å². The summed E-state index contributed by atoms with van der Waals surface area (Å²) < 4.78 is 1.04. The summed E-state index contributed by atoms with van der Waals surface area (Å²) in [6.07, 6.45) is 3.13. The van der Waals surface area contributed by atoms with Crippen molar-refractivity contribution in [2.45, 2.75) is 30.8 Å². The minimum atomic E-state index is -0.699. The molecular weight excluding hydrogens is 406 g/mol. The zero-order chi connectivity index (χ0) is 19.3. The van der Waals surface area contributed by atoms with Crippen LogP contribution in [-0.2, 0) is 15.1 Å². The number of rotatable bonds is 7. The Balaban J connectivity index is 1.65. The van der Waals surface area contributed by atoms with Crippen molar-refractivity contribution in [3.8, 4) is 0 Å². The molecule has 0 bridgehead atoms. The number of hydrogen-bond donors (Lipinski definition) is 3. The number of carbonyl (C=O) groups is 2. The lowest BCUT2D eigenvalue weighted by molar-refractivity contribution is -0.128. The Bertz CT molecular complexity index is 789. The molecule has 3 rings (SSSR count). The van der Waals surface area contributed by atoms with Crippen LogP contribution in [0, 0.1) is 0 Å². The van der Waals surface area contributed by atoms with E-state index in [2.05, 4.69) is 44.0 Å². The van der Waals surface area contributed by atoms with Crippen LogP contribution in [0.4, 0.5) is 0 Å². The Hall–Kier alpha value is -2.18. The standard InChI is InChI=1S/C21H24BrN3O2/c1-23-20(27)19(15-6-3-2-4-7-15)25-18(26)14-24-21(12-5-13-21)16-8-10-17(22)11-9-16/h2-4,6-11,19,24H,5,12-14H2,1H3,(H,23,27)(H,25,26). The fourth-order valence-electron chi connectivity index (χ4n) is 3.42.